The Morgan fingerprint density at radius 3 is 2.72 bits per heavy atom. The highest BCUT2D eigenvalue weighted by Crippen LogP contribution is 2.33. The number of aromatic nitrogens is 3. The van der Waals surface area contributed by atoms with Crippen LogP contribution in [0.15, 0.2) is 42.6 Å². The molecular formula is C20H23N5. The van der Waals surface area contributed by atoms with Crippen LogP contribution in [-0.2, 0) is 0 Å². The summed E-state index contributed by atoms with van der Waals surface area (Å²) in [4.78, 5) is 5.84. The summed E-state index contributed by atoms with van der Waals surface area (Å²) in [7, 11) is 0. The predicted octanol–water partition coefficient (Wildman–Crippen LogP) is 3.52. The molecular weight excluding hydrogens is 310 g/mol. The summed E-state index contributed by atoms with van der Waals surface area (Å²) >= 11 is 0. The monoisotopic (exact) mass is 333 g/mol. The summed E-state index contributed by atoms with van der Waals surface area (Å²) in [5, 5.41) is 13.8. The first-order valence-corrected chi connectivity index (χ1v) is 9.20. The Bertz CT molecular complexity index is 874. The van der Waals surface area contributed by atoms with Gasteiger partial charge in [0.25, 0.3) is 0 Å². The zero-order chi connectivity index (χ0) is 16.8. The highest BCUT2D eigenvalue weighted by atomic mass is 15.2. The molecule has 25 heavy (non-hydrogen) atoms. The summed E-state index contributed by atoms with van der Waals surface area (Å²) < 4.78 is 0. The van der Waals surface area contributed by atoms with E-state index in [9.17, 15) is 0 Å². The van der Waals surface area contributed by atoms with Crippen molar-refractivity contribution in [3.05, 3.63) is 42.6 Å². The second-order valence-corrected chi connectivity index (χ2v) is 7.37. The molecule has 3 aromatic rings. The summed E-state index contributed by atoms with van der Waals surface area (Å²) in [5.41, 5.74) is 3.12. The maximum absolute atomic E-state index is 4.45. The van der Waals surface area contributed by atoms with Gasteiger partial charge in [0.15, 0.2) is 0 Å². The predicted molar refractivity (Wildman–Crippen MR) is 100 cm³/mol. The summed E-state index contributed by atoms with van der Waals surface area (Å²) in [6.07, 6.45) is 4.55. The van der Waals surface area contributed by atoms with Crippen molar-refractivity contribution in [2.24, 2.45) is 5.92 Å². The number of nitrogens with one attached hydrogen (secondary N) is 2. The van der Waals surface area contributed by atoms with Crippen molar-refractivity contribution >= 4 is 16.7 Å². The van der Waals surface area contributed by atoms with Crippen molar-refractivity contribution < 1.29 is 0 Å². The third-order valence-corrected chi connectivity index (χ3v) is 6.01. The van der Waals surface area contributed by atoms with Crippen LogP contribution in [0.1, 0.15) is 19.8 Å². The molecule has 0 amide bonds. The maximum atomic E-state index is 4.45. The van der Waals surface area contributed by atoms with E-state index in [2.05, 4.69) is 68.7 Å². The second kappa shape index (κ2) is 5.85. The van der Waals surface area contributed by atoms with E-state index in [0.29, 0.717) is 12.1 Å². The minimum Gasteiger partial charge on any atom is -0.364 e. The van der Waals surface area contributed by atoms with Gasteiger partial charge >= 0.3 is 0 Å². The molecule has 5 heterocycles. The van der Waals surface area contributed by atoms with Crippen LogP contribution < -0.4 is 5.32 Å². The molecule has 128 valence electrons. The Labute approximate surface area is 147 Å². The van der Waals surface area contributed by atoms with Crippen LogP contribution in [0.3, 0.4) is 0 Å². The van der Waals surface area contributed by atoms with E-state index in [-0.39, 0.29) is 0 Å². The third-order valence-electron chi connectivity index (χ3n) is 6.01. The second-order valence-electron chi connectivity index (χ2n) is 7.37. The Kier molecular flexibility index (Phi) is 3.48. The zero-order valence-electron chi connectivity index (χ0n) is 14.4. The molecule has 3 aliphatic heterocycles. The largest absolute Gasteiger partial charge is 0.364 e. The average Bonchev–Trinajstić information content (AvgIpc) is 3.13. The normalized spacial score (nSPS) is 28.4. The molecule has 2 N–H and O–H groups in total. The minimum atomic E-state index is 0.484. The van der Waals surface area contributed by atoms with E-state index in [0.717, 1.165) is 28.5 Å². The fourth-order valence-electron chi connectivity index (χ4n) is 4.49. The fourth-order valence-corrected chi connectivity index (χ4v) is 4.49. The summed E-state index contributed by atoms with van der Waals surface area (Å²) in [5.74, 6) is 1.65. The van der Waals surface area contributed by atoms with Crippen LogP contribution in [0.25, 0.3) is 22.2 Å². The summed E-state index contributed by atoms with van der Waals surface area (Å²) in [6.45, 7) is 4.82. The highest BCUT2D eigenvalue weighted by Gasteiger charge is 2.39. The molecule has 6 rings (SSSR count). The van der Waals surface area contributed by atoms with Crippen molar-refractivity contribution in [1.82, 2.24) is 20.1 Å². The highest BCUT2D eigenvalue weighted by molar-refractivity contribution is 5.84. The van der Waals surface area contributed by atoms with E-state index < -0.39 is 0 Å². The number of fused-ring (bicyclic) bond motifs is 4. The van der Waals surface area contributed by atoms with Crippen LogP contribution in [0.5, 0.6) is 0 Å². The van der Waals surface area contributed by atoms with Crippen LogP contribution in [0.4, 0.5) is 5.82 Å². The number of aromatic amines is 1. The lowest BCUT2D eigenvalue weighted by Gasteiger charge is -2.50. The minimum absolute atomic E-state index is 0.484. The van der Waals surface area contributed by atoms with Crippen LogP contribution in [0, 0.1) is 5.92 Å². The number of hydrogen-bond acceptors (Lipinski definition) is 4. The lowest BCUT2D eigenvalue weighted by atomic mass is 9.79. The molecule has 5 heteroatoms. The molecule has 2 bridgehead atoms. The van der Waals surface area contributed by atoms with Gasteiger partial charge in [0.05, 0.1) is 5.69 Å². The van der Waals surface area contributed by atoms with Gasteiger partial charge < -0.3 is 10.3 Å². The number of hydrogen-bond donors (Lipinski definition) is 2. The first kappa shape index (κ1) is 14.9. The fraction of sp³-hybridized carbons (Fsp3) is 0.400. The third kappa shape index (κ3) is 2.59. The van der Waals surface area contributed by atoms with Crippen LogP contribution in [0.2, 0.25) is 0 Å². The first-order valence-electron chi connectivity index (χ1n) is 9.20. The van der Waals surface area contributed by atoms with Crippen molar-refractivity contribution in [3.63, 3.8) is 0 Å². The number of piperidine rings is 3. The van der Waals surface area contributed by atoms with E-state index in [4.69, 9.17) is 0 Å². The van der Waals surface area contributed by atoms with Gasteiger partial charge in [-0.2, -0.15) is 0 Å². The van der Waals surface area contributed by atoms with Gasteiger partial charge in [-0.15, -0.1) is 10.2 Å². The van der Waals surface area contributed by atoms with Crippen LogP contribution >= 0.6 is 0 Å². The number of rotatable bonds is 3. The van der Waals surface area contributed by atoms with E-state index >= 15 is 0 Å². The molecule has 0 unspecified atom stereocenters. The molecule has 5 nitrogen and oxygen atoms in total. The molecule has 0 spiro atoms. The topological polar surface area (TPSA) is 56.8 Å². The molecule has 0 saturated carbocycles. The van der Waals surface area contributed by atoms with Gasteiger partial charge in [-0.05, 0) is 68.4 Å². The quantitative estimate of drug-likeness (QED) is 0.770. The average molecular weight is 333 g/mol. The van der Waals surface area contributed by atoms with Gasteiger partial charge in [0.1, 0.15) is 5.82 Å². The Morgan fingerprint density at radius 1 is 1.08 bits per heavy atom. The lowest BCUT2D eigenvalue weighted by Crippen LogP contribution is -2.59. The molecule has 1 aromatic carbocycles. The standard InChI is InChI=1S/C20H23N5/c1-13-20(15-7-10-25(13)11-8-15)22-19-5-4-17(23-24-19)16-3-2-14-6-9-21-18(14)12-16/h2-6,9,12-13,15,20-21H,7-8,10-11H2,1H3,(H,22,24)/t13-,20+/m1/s1. The van der Waals surface area contributed by atoms with E-state index in [1.807, 2.05) is 6.20 Å². The molecule has 2 aromatic heterocycles. The van der Waals surface area contributed by atoms with Crippen molar-refractivity contribution in [3.8, 4) is 11.3 Å². The lowest BCUT2D eigenvalue weighted by molar-refractivity contribution is 0.0457. The van der Waals surface area contributed by atoms with Gasteiger partial charge in [-0.1, -0.05) is 12.1 Å². The Hall–Kier alpha value is -2.40. The van der Waals surface area contributed by atoms with Crippen molar-refractivity contribution in [1.29, 1.82) is 0 Å². The SMILES string of the molecule is C[C@@H]1[C@H](Nc2ccc(-c3ccc4cc[nH]c4c3)nn2)C2CCN1CC2. The molecule has 2 atom stereocenters. The zero-order valence-corrected chi connectivity index (χ0v) is 14.4. The van der Waals surface area contributed by atoms with Gasteiger partial charge in [0.2, 0.25) is 0 Å². The summed E-state index contributed by atoms with van der Waals surface area (Å²) in [6, 6.07) is 13.6. The van der Waals surface area contributed by atoms with Gasteiger partial charge in [0, 0.05) is 29.4 Å². The molecule has 0 radical (unpaired) electrons. The number of H-pyrrole nitrogens is 1. The van der Waals surface area contributed by atoms with Crippen molar-refractivity contribution in [2.45, 2.75) is 31.8 Å². The first-order chi connectivity index (χ1) is 12.3. The molecule has 0 aliphatic carbocycles. The van der Waals surface area contributed by atoms with Crippen LogP contribution in [-0.4, -0.2) is 45.3 Å². The van der Waals surface area contributed by atoms with Crippen molar-refractivity contribution in [2.75, 3.05) is 18.4 Å². The Balaban J connectivity index is 1.36. The molecule has 3 saturated heterocycles. The molecule has 3 aliphatic rings. The molecule has 3 fully saturated rings. The van der Waals surface area contributed by atoms with Gasteiger partial charge in [-0.3, -0.25) is 4.90 Å². The number of anilines is 1. The smallest absolute Gasteiger partial charge is 0.148 e. The number of benzene rings is 1. The maximum Gasteiger partial charge on any atom is 0.148 e. The van der Waals surface area contributed by atoms with E-state index in [1.54, 1.807) is 0 Å². The van der Waals surface area contributed by atoms with E-state index in [1.165, 1.54) is 31.3 Å². The van der Waals surface area contributed by atoms with Gasteiger partial charge in [-0.25, -0.2) is 0 Å². The number of nitrogens with zero attached hydrogens (tertiary/aromatic N) is 3. The Morgan fingerprint density at radius 2 is 1.96 bits per heavy atom.